The Kier molecular flexibility index (Phi) is 1.84. The van der Waals surface area contributed by atoms with E-state index < -0.39 is 8.07 Å². The van der Waals surface area contributed by atoms with Crippen LogP contribution in [0.2, 0.25) is 19.6 Å². The molecule has 4 nitrogen and oxygen atoms in total. The highest BCUT2D eigenvalue weighted by Crippen LogP contribution is 2.01. The van der Waals surface area contributed by atoms with Gasteiger partial charge in [-0.1, -0.05) is 19.6 Å². The second-order valence-electron chi connectivity index (χ2n) is 3.57. The van der Waals surface area contributed by atoms with Gasteiger partial charge in [-0.05, 0) is 10.4 Å². The Morgan fingerprint density at radius 2 is 2.10 bits per heavy atom. The fourth-order valence-electron chi connectivity index (χ4n) is 0.739. The zero-order chi connectivity index (χ0) is 7.61. The van der Waals surface area contributed by atoms with Crippen molar-refractivity contribution in [2.45, 2.75) is 25.8 Å². The lowest BCUT2D eigenvalue weighted by Gasteiger charge is -2.13. The van der Waals surface area contributed by atoms with Crippen molar-refractivity contribution in [2.24, 2.45) is 0 Å². The molecular formula is C5H12N4Si. The Bertz CT molecular complexity index is 188. The van der Waals surface area contributed by atoms with E-state index >= 15 is 0 Å². The summed E-state index contributed by atoms with van der Waals surface area (Å²) in [6.45, 7) is 6.86. The molecular weight excluding hydrogens is 144 g/mol. The van der Waals surface area contributed by atoms with Crippen molar-refractivity contribution < 1.29 is 0 Å². The van der Waals surface area contributed by atoms with Crippen molar-refractivity contribution >= 4 is 8.07 Å². The largest absolute Gasteiger partial charge is 0.235 e. The lowest BCUT2D eigenvalue weighted by atomic mass is 11.2. The van der Waals surface area contributed by atoms with Gasteiger partial charge >= 0.3 is 0 Å². The maximum Gasteiger partial charge on any atom is 0.137 e. The highest BCUT2D eigenvalue weighted by molar-refractivity contribution is 6.74. The smallest absolute Gasteiger partial charge is 0.137 e. The number of aromatic nitrogens is 4. The monoisotopic (exact) mass is 156 g/mol. The minimum absolute atomic E-state index is 1.00. The van der Waals surface area contributed by atoms with Gasteiger partial charge in [0, 0.05) is 6.17 Å². The summed E-state index contributed by atoms with van der Waals surface area (Å²) < 4.78 is 1.80. The Morgan fingerprint density at radius 1 is 1.40 bits per heavy atom. The van der Waals surface area contributed by atoms with E-state index in [9.17, 15) is 0 Å². The third-order valence-electron chi connectivity index (χ3n) is 1.03. The van der Waals surface area contributed by atoms with Crippen LogP contribution in [0.25, 0.3) is 0 Å². The van der Waals surface area contributed by atoms with Crippen LogP contribution in [0.5, 0.6) is 0 Å². The van der Waals surface area contributed by atoms with E-state index in [1.807, 2.05) is 0 Å². The average molecular weight is 156 g/mol. The van der Waals surface area contributed by atoms with Crippen molar-refractivity contribution in [3.8, 4) is 0 Å². The molecule has 0 radical (unpaired) electrons. The summed E-state index contributed by atoms with van der Waals surface area (Å²) in [7, 11) is -1.04. The van der Waals surface area contributed by atoms with Crippen molar-refractivity contribution in [3.05, 3.63) is 6.33 Å². The molecule has 0 unspecified atom stereocenters. The molecule has 0 fully saturated rings. The average Bonchev–Trinajstić information content (AvgIpc) is 2.12. The number of tetrazole rings is 1. The third kappa shape index (κ3) is 2.26. The van der Waals surface area contributed by atoms with Gasteiger partial charge in [0.2, 0.25) is 0 Å². The van der Waals surface area contributed by atoms with Gasteiger partial charge in [0.1, 0.15) is 6.33 Å². The topological polar surface area (TPSA) is 43.6 Å². The molecule has 56 valence electrons. The van der Waals surface area contributed by atoms with Gasteiger partial charge in [0.25, 0.3) is 0 Å². The van der Waals surface area contributed by atoms with Crippen LogP contribution in [-0.2, 0) is 6.17 Å². The van der Waals surface area contributed by atoms with E-state index in [-0.39, 0.29) is 0 Å². The lowest BCUT2D eigenvalue weighted by molar-refractivity contribution is 0.678. The molecule has 1 aromatic rings. The van der Waals surface area contributed by atoms with Crippen LogP contribution >= 0.6 is 0 Å². The van der Waals surface area contributed by atoms with Crippen molar-refractivity contribution in [2.75, 3.05) is 0 Å². The third-order valence-corrected chi connectivity index (χ3v) is 2.30. The molecule has 0 aliphatic heterocycles. The summed E-state index contributed by atoms with van der Waals surface area (Å²) in [5, 5.41) is 10.9. The van der Waals surface area contributed by atoms with E-state index in [4.69, 9.17) is 0 Å². The zero-order valence-corrected chi connectivity index (χ0v) is 7.57. The maximum atomic E-state index is 3.79. The number of hydrogen-bond donors (Lipinski definition) is 0. The minimum Gasteiger partial charge on any atom is -0.235 e. The molecule has 0 aliphatic rings. The molecule has 1 rings (SSSR count). The molecule has 0 aromatic carbocycles. The van der Waals surface area contributed by atoms with Gasteiger partial charge in [0.15, 0.2) is 0 Å². The minimum atomic E-state index is -1.04. The fraction of sp³-hybridized carbons (Fsp3) is 0.800. The molecule has 0 saturated carbocycles. The Labute approximate surface area is 61.3 Å². The van der Waals surface area contributed by atoms with Crippen LogP contribution in [-0.4, -0.2) is 28.3 Å². The van der Waals surface area contributed by atoms with Gasteiger partial charge in [-0.15, -0.1) is 5.10 Å². The normalized spacial score (nSPS) is 11.9. The summed E-state index contributed by atoms with van der Waals surface area (Å²) in [5.41, 5.74) is 0. The highest BCUT2D eigenvalue weighted by atomic mass is 28.3. The van der Waals surface area contributed by atoms with Crippen LogP contribution < -0.4 is 0 Å². The Balaban J connectivity index is 2.57. The van der Waals surface area contributed by atoms with Gasteiger partial charge in [-0.3, -0.25) is 0 Å². The Hall–Kier alpha value is -0.713. The number of nitrogens with zero attached hydrogens (tertiary/aromatic N) is 4. The van der Waals surface area contributed by atoms with Crippen LogP contribution in [0.4, 0.5) is 0 Å². The van der Waals surface area contributed by atoms with E-state index in [1.165, 1.54) is 0 Å². The van der Waals surface area contributed by atoms with E-state index in [0.29, 0.717) is 0 Å². The first-order valence-electron chi connectivity index (χ1n) is 3.29. The molecule has 0 N–H and O–H groups in total. The molecule has 5 heteroatoms. The summed E-state index contributed by atoms with van der Waals surface area (Å²) in [5.74, 6) is 0. The molecule has 1 heterocycles. The second kappa shape index (κ2) is 2.49. The standard InChI is InChI=1S/C5H12N4Si/c1-10(2,3)5-9-4-6-7-8-9/h4H,5H2,1-3H3. The van der Waals surface area contributed by atoms with E-state index in [0.717, 1.165) is 6.17 Å². The first kappa shape index (κ1) is 7.39. The van der Waals surface area contributed by atoms with Gasteiger partial charge < -0.3 is 0 Å². The molecule has 0 amide bonds. The van der Waals surface area contributed by atoms with Gasteiger partial charge in [-0.25, -0.2) is 4.68 Å². The van der Waals surface area contributed by atoms with Gasteiger partial charge in [0.05, 0.1) is 8.07 Å². The predicted molar refractivity (Wildman–Crippen MR) is 41.2 cm³/mol. The number of hydrogen-bond acceptors (Lipinski definition) is 3. The Morgan fingerprint density at radius 3 is 2.50 bits per heavy atom. The molecule has 10 heavy (non-hydrogen) atoms. The second-order valence-corrected chi connectivity index (χ2v) is 9.01. The summed E-state index contributed by atoms with van der Waals surface area (Å²) in [4.78, 5) is 0. The molecule has 0 spiro atoms. The van der Waals surface area contributed by atoms with Crippen LogP contribution in [0, 0.1) is 0 Å². The molecule has 1 aromatic heterocycles. The summed E-state index contributed by atoms with van der Waals surface area (Å²) in [6, 6.07) is 0. The first-order valence-corrected chi connectivity index (χ1v) is 6.99. The fourth-order valence-corrected chi connectivity index (χ4v) is 1.86. The summed E-state index contributed by atoms with van der Waals surface area (Å²) >= 11 is 0. The maximum absolute atomic E-state index is 3.79. The van der Waals surface area contributed by atoms with Crippen LogP contribution in [0.1, 0.15) is 0 Å². The van der Waals surface area contributed by atoms with Crippen LogP contribution in [0.3, 0.4) is 0 Å². The van der Waals surface area contributed by atoms with Crippen molar-refractivity contribution in [1.82, 2.24) is 20.2 Å². The number of rotatable bonds is 2. The molecule has 0 saturated heterocycles. The molecule has 0 aliphatic carbocycles. The van der Waals surface area contributed by atoms with Crippen LogP contribution in [0.15, 0.2) is 6.33 Å². The van der Waals surface area contributed by atoms with E-state index in [1.54, 1.807) is 11.0 Å². The van der Waals surface area contributed by atoms with Crippen molar-refractivity contribution in [3.63, 3.8) is 0 Å². The van der Waals surface area contributed by atoms with Crippen molar-refractivity contribution in [1.29, 1.82) is 0 Å². The molecule has 0 bridgehead atoms. The predicted octanol–water partition coefficient (Wildman–Crippen LogP) is 0.550. The SMILES string of the molecule is C[Si](C)(C)Cn1cnnn1. The zero-order valence-electron chi connectivity index (χ0n) is 6.57. The van der Waals surface area contributed by atoms with E-state index in [2.05, 4.69) is 35.2 Å². The first-order chi connectivity index (χ1) is 4.58. The highest BCUT2D eigenvalue weighted by Gasteiger charge is 2.13. The quantitative estimate of drug-likeness (QED) is 0.587. The van der Waals surface area contributed by atoms with Gasteiger partial charge in [-0.2, -0.15) is 0 Å². The summed E-state index contributed by atoms with van der Waals surface area (Å²) in [6.07, 6.45) is 2.66. The molecule has 0 atom stereocenters. The lowest BCUT2D eigenvalue weighted by Crippen LogP contribution is -2.28.